The second kappa shape index (κ2) is 6.38. The third-order valence-electron chi connectivity index (χ3n) is 4.28. The van der Waals surface area contributed by atoms with Crippen molar-refractivity contribution >= 4 is 0 Å². The largest absolute Gasteiger partial charge is 0.314 e. The van der Waals surface area contributed by atoms with Gasteiger partial charge in [0, 0.05) is 6.04 Å². The number of rotatable bonds is 3. The molecule has 1 N–H and O–H groups in total. The summed E-state index contributed by atoms with van der Waals surface area (Å²) in [5.74, 6) is 0.761. The van der Waals surface area contributed by atoms with E-state index in [0.717, 1.165) is 18.5 Å². The van der Waals surface area contributed by atoms with E-state index in [1.54, 1.807) is 5.56 Å². The average Bonchev–Trinajstić information content (AvgIpc) is 2.55. The van der Waals surface area contributed by atoms with E-state index in [1.807, 2.05) is 0 Å². The molecule has 2 rings (SSSR count). The van der Waals surface area contributed by atoms with Crippen LogP contribution >= 0.6 is 0 Å². The Hall–Kier alpha value is -0.820. The maximum absolute atomic E-state index is 3.66. The summed E-state index contributed by atoms with van der Waals surface area (Å²) >= 11 is 0. The highest BCUT2D eigenvalue weighted by Crippen LogP contribution is 2.33. The predicted molar refractivity (Wildman–Crippen MR) is 79.2 cm³/mol. The Morgan fingerprint density at radius 3 is 2.67 bits per heavy atom. The van der Waals surface area contributed by atoms with Crippen LogP contribution in [0, 0.1) is 13.8 Å². The molecule has 100 valence electrons. The predicted octanol–water partition coefficient (Wildman–Crippen LogP) is 4.33. The van der Waals surface area contributed by atoms with Crippen molar-refractivity contribution in [3.63, 3.8) is 0 Å². The van der Waals surface area contributed by atoms with Crippen molar-refractivity contribution in [2.24, 2.45) is 0 Å². The molecule has 1 heteroatoms. The molecule has 0 bridgehead atoms. The van der Waals surface area contributed by atoms with Gasteiger partial charge in [0.25, 0.3) is 0 Å². The Kier molecular flexibility index (Phi) is 4.82. The monoisotopic (exact) mass is 245 g/mol. The summed E-state index contributed by atoms with van der Waals surface area (Å²) in [5.41, 5.74) is 4.45. The molecule has 1 nitrogen and oxygen atoms in total. The molecule has 2 unspecified atom stereocenters. The van der Waals surface area contributed by atoms with E-state index in [1.165, 1.54) is 43.2 Å². The summed E-state index contributed by atoms with van der Waals surface area (Å²) in [7, 11) is 0. The molecule has 0 spiro atoms. The minimum absolute atomic E-state index is 0.725. The van der Waals surface area contributed by atoms with Crippen molar-refractivity contribution in [3.8, 4) is 0 Å². The number of aryl methyl sites for hydroxylation is 2. The van der Waals surface area contributed by atoms with Gasteiger partial charge in [0.05, 0.1) is 0 Å². The topological polar surface area (TPSA) is 12.0 Å². The number of hydrogen-bond donors (Lipinski definition) is 1. The van der Waals surface area contributed by atoms with Crippen LogP contribution in [0.4, 0.5) is 0 Å². The van der Waals surface area contributed by atoms with Crippen molar-refractivity contribution in [2.45, 2.75) is 64.8 Å². The standard InChI is InChI=1S/C17H27N/c1-4-18-16-8-6-5-7-15(12-16)17-10-9-13(2)11-14(17)3/h9-11,15-16,18H,4-8,12H2,1-3H3. The van der Waals surface area contributed by atoms with Crippen molar-refractivity contribution in [3.05, 3.63) is 34.9 Å². The zero-order valence-electron chi connectivity index (χ0n) is 12.1. The summed E-state index contributed by atoms with van der Waals surface area (Å²) in [6.45, 7) is 7.78. The van der Waals surface area contributed by atoms with Gasteiger partial charge >= 0.3 is 0 Å². The summed E-state index contributed by atoms with van der Waals surface area (Å²) in [6, 6.07) is 7.70. The minimum atomic E-state index is 0.725. The molecule has 1 saturated carbocycles. The number of hydrogen-bond acceptors (Lipinski definition) is 1. The van der Waals surface area contributed by atoms with Gasteiger partial charge in [-0.2, -0.15) is 0 Å². The van der Waals surface area contributed by atoms with Gasteiger partial charge in [-0.15, -0.1) is 0 Å². The minimum Gasteiger partial charge on any atom is -0.314 e. The first-order valence-electron chi connectivity index (χ1n) is 7.51. The van der Waals surface area contributed by atoms with Crippen LogP contribution in [-0.2, 0) is 0 Å². The molecule has 18 heavy (non-hydrogen) atoms. The molecule has 0 amide bonds. The SMILES string of the molecule is CCNC1CCCCC(c2ccc(C)cc2C)C1. The molecule has 0 aromatic heterocycles. The van der Waals surface area contributed by atoms with Gasteiger partial charge in [-0.3, -0.25) is 0 Å². The number of nitrogens with one attached hydrogen (secondary N) is 1. The molecular formula is C17H27N. The van der Waals surface area contributed by atoms with Crippen LogP contribution < -0.4 is 5.32 Å². The summed E-state index contributed by atoms with van der Waals surface area (Å²) in [6.07, 6.45) is 6.82. The van der Waals surface area contributed by atoms with Crippen LogP contribution in [0.1, 0.15) is 61.6 Å². The van der Waals surface area contributed by atoms with Crippen LogP contribution in [0.25, 0.3) is 0 Å². The van der Waals surface area contributed by atoms with Gasteiger partial charge in [0.2, 0.25) is 0 Å². The fraction of sp³-hybridized carbons (Fsp3) is 0.647. The van der Waals surface area contributed by atoms with Crippen molar-refractivity contribution in [1.29, 1.82) is 0 Å². The Balaban J connectivity index is 2.14. The molecular weight excluding hydrogens is 218 g/mol. The molecule has 0 aliphatic heterocycles. The van der Waals surface area contributed by atoms with Crippen molar-refractivity contribution < 1.29 is 0 Å². The van der Waals surface area contributed by atoms with Gasteiger partial charge < -0.3 is 5.32 Å². The van der Waals surface area contributed by atoms with Crippen LogP contribution in [0.2, 0.25) is 0 Å². The maximum Gasteiger partial charge on any atom is 0.00727 e. The van der Waals surface area contributed by atoms with Gasteiger partial charge in [-0.25, -0.2) is 0 Å². The average molecular weight is 245 g/mol. The van der Waals surface area contributed by atoms with Gasteiger partial charge in [0.1, 0.15) is 0 Å². The smallest absolute Gasteiger partial charge is 0.00727 e. The van der Waals surface area contributed by atoms with E-state index in [-0.39, 0.29) is 0 Å². The molecule has 0 heterocycles. The third kappa shape index (κ3) is 3.35. The highest BCUT2D eigenvalue weighted by Gasteiger charge is 2.21. The maximum atomic E-state index is 3.66. The highest BCUT2D eigenvalue weighted by atomic mass is 14.9. The lowest BCUT2D eigenvalue weighted by atomic mass is 9.87. The molecule has 0 radical (unpaired) electrons. The van der Waals surface area contributed by atoms with E-state index in [4.69, 9.17) is 0 Å². The second-order valence-corrected chi connectivity index (χ2v) is 5.83. The lowest BCUT2D eigenvalue weighted by Crippen LogP contribution is -2.29. The Morgan fingerprint density at radius 1 is 1.17 bits per heavy atom. The van der Waals surface area contributed by atoms with Crippen LogP contribution in [0.5, 0.6) is 0 Å². The quantitative estimate of drug-likeness (QED) is 0.782. The highest BCUT2D eigenvalue weighted by molar-refractivity contribution is 5.33. The van der Waals surface area contributed by atoms with Gasteiger partial charge in [-0.05, 0) is 56.7 Å². The first-order chi connectivity index (χ1) is 8.70. The molecule has 1 aliphatic rings. The van der Waals surface area contributed by atoms with Crippen molar-refractivity contribution in [1.82, 2.24) is 5.32 Å². The summed E-state index contributed by atoms with van der Waals surface area (Å²) in [5, 5.41) is 3.66. The Labute approximate surface area is 112 Å². The molecule has 2 atom stereocenters. The first kappa shape index (κ1) is 13.6. The first-order valence-corrected chi connectivity index (χ1v) is 7.51. The van der Waals surface area contributed by atoms with Crippen LogP contribution in [0.15, 0.2) is 18.2 Å². The Morgan fingerprint density at radius 2 is 1.94 bits per heavy atom. The third-order valence-corrected chi connectivity index (χ3v) is 4.28. The lowest BCUT2D eigenvalue weighted by molar-refractivity contribution is 0.449. The molecule has 1 aromatic carbocycles. The van der Waals surface area contributed by atoms with E-state index in [9.17, 15) is 0 Å². The van der Waals surface area contributed by atoms with E-state index >= 15 is 0 Å². The van der Waals surface area contributed by atoms with Crippen LogP contribution in [-0.4, -0.2) is 12.6 Å². The number of benzene rings is 1. The zero-order valence-corrected chi connectivity index (χ0v) is 12.1. The molecule has 1 aliphatic carbocycles. The Bertz CT molecular complexity index is 383. The van der Waals surface area contributed by atoms with Crippen molar-refractivity contribution in [2.75, 3.05) is 6.54 Å². The zero-order chi connectivity index (χ0) is 13.0. The lowest BCUT2D eigenvalue weighted by Gasteiger charge is -2.22. The molecule has 1 fully saturated rings. The molecule has 1 aromatic rings. The van der Waals surface area contributed by atoms with Gasteiger partial charge in [0.15, 0.2) is 0 Å². The molecule has 0 saturated heterocycles. The fourth-order valence-corrected chi connectivity index (χ4v) is 3.40. The fourth-order valence-electron chi connectivity index (χ4n) is 3.40. The van der Waals surface area contributed by atoms with E-state index < -0.39 is 0 Å². The van der Waals surface area contributed by atoms with E-state index in [2.05, 4.69) is 44.3 Å². The normalized spacial score (nSPS) is 24.8. The van der Waals surface area contributed by atoms with Crippen LogP contribution in [0.3, 0.4) is 0 Å². The van der Waals surface area contributed by atoms with Gasteiger partial charge in [-0.1, -0.05) is 43.5 Å². The summed E-state index contributed by atoms with van der Waals surface area (Å²) < 4.78 is 0. The second-order valence-electron chi connectivity index (χ2n) is 5.83. The van der Waals surface area contributed by atoms with E-state index in [0.29, 0.717) is 0 Å². The summed E-state index contributed by atoms with van der Waals surface area (Å²) in [4.78, 5) is 0.